The zero-order chi connectivity index (χ0) is 20.1. The monoisotopic (exact) mass is 420 g/mol. The van der Waals surface area contributed by atoms with E-state index in [2.05, 4.69) is 33.8 Å². The van der Waals surface area contributed by atoms with Crippen LogP contribution in [0.3, 0.4) is 0 Å². The molecule has 0 aliphatic carbocycles. The van der Waals surface area contributed by atoms with Crippen molar-refractivity contribution in [3.8, 4) is 0 Å². The molecular formula is C19H21ClN4O3S. The van der Waals surface area contributed by atoms with Crippen LogP contribution in [0.15, 0.2) is 60.0 Å². The summed E-state index contributed by atoms with van der Waals surface area (Å²) < 4.78 is 30.5. The second-order valence-corrected chi connectivity index (χ2v) is 8.19. The van der Waals surface area contributed by atoms with E-state index in [4.69, 9.17) is 16.2 Å². The highest BCUT2D eigenvalue weighted by molar-refractivity contribution is 7.85. The first-order chi connectivity index (χ1) is 13.3. The Morgan fingerprint density at radius 2 is 2.00 bits per heavy atom. The van der Waals surface area contributed by atoms with Crippen molar-refractivity contribution in [2.75, 3.05) is 17.2 Å². The van der Waals surface area contributed by atoms with E-state index in [9.17, 15) is 8.42 Å². The molecule has 0 unspecified atom stereocenters. The Labute approximate surface area is 169 Å². The Balaban J connectivity index is 0.000000192. The molecule has 4 rings (SSSR count). The topological polar surface area (TPSA) is 96.2 Å². The summed E-state index contributed by atoms with van der Waals surface area (Å²) in [5, 5.41) is 7.26. The minimum atomic E-state index is -4.11. The summed E-state index contributed by atoms with van der Waals surface area (Å²) in [5.41, 5.74) is 5.08. The van der Waals surface area contributed by atoms with Crippen LogP contribution < -0.4 is 10.6 Å². The lowest BCUT2D eigenvalue weighted by molar-refractivity contribution is 0.479. The standard InChI is InChI=1S/C15H15ClN2.C4H6N2O3S/c16-13-3-1-11(2-4-13)10-18-14-5-6-15-12(9-14)7-8-17-15;1-6-2-4(5-3-6)10(7,8)9/h1-6,9,17-18H,7-8,10H2;2-3H,1H3,(H,7,8,9). The normalized spacial score (nSPS) is 12.5. The van der Waals surface area contributed by atoms with Crippen LogP contribution in [0.2, 0.25) is 5.02 Å². The van der Waals surface area contributed by atoms with Gasteiger partial charge in [-0.1, -0.05) is 23.7 Å². The van der Waals surface area contributed by atoms with Gasteiger partial charge in [0, 0.05) is 42.7 Å². The van der Waals surface area contributed by atoms with Crippen LogP contribution >= 0.6 is 11.6 Å². The molecule has 0 fully saturated rings. The molecule has 0 atom stereocenters. The summed E-state index contributed by atoms with van der Waals surface area (Å²) in [6.45, 7) is 1.87. The number of aromatic nitrogens is 2. The maximum absolute atomic E-state index is 10.3. The van der Waals surface area contributed by atoms with Gasteiger partial charge >= 0.3 is 10.1 Å². The first kappa shape index (κ1) is 20.2. The molecule has 3 aromatic rings. The predicted molar refractivity (Wildman–Crippen MR) is 110 cm³/mol. The summed E-state index contributed by atoms with van der Waals surface area (Å²) in [6.07, 6.45) is 3.63. The number of halogens is 1. The summed E-state index contributed by atoms with van der Waals surface area (Å²) in [5.74, 6) is 0. The zero-order valence-corrected chi connectivity index (χ0v) is 16.8. The van der Waals surface area contributed by atoms with E-state index in [0.717, 1.165) is 24.5 Å². The van der Waals surface area contributed by atoms with Crippen molar-refractivity contribution < 1.29 is 13.0 Å². The molecule has 9 heteroatoms. The van der Waals surface area contributed by atoms with E-state index in [0.29, 0.717) is 0 Å². The van der Waals surface area contributed by atoms with Crippen LogP contribution in [0.25, 0.3) is 0 Å². The van der Waals surface area contributed by atoms with Gasteiger partial charge in [-0.05, 0) is 47.9 Å². The van der Waals surface area contributed by atoms with Crippen molar-refractivity contribution in [1.29, 1.82) is 0 Å². The van der Waals surface area contributed by atoms with Crippen LogP contribution in [0.1, 0.15) is 11.1 Å². The van der Waals surface area contributed by atoms with Crippen LogP contribution in [-0.2, 0) is 30.1 Å². The molecule has 0 bridgehead atoms. The average Bonchev–Trinajstić information content (AvgIpc) is 3.30. The lowest BCUT2D eigenvalue weighted by Gasteiger charge is -2.08. The first-order valence-electron chi connectivity index (χ1n) is 8.62. The third kappa shape index (κ3) is 5.48. The highest BCUT2D eigenvalue weighted by Gasteiger charge is 2.11. The number of hydrogen-bond acceptors (Lipinski definition) is 5. The minimum absolute atomic E-state index is 0.324. The Kier molecular flexibility index (Phi) is 6.23. The fourth-order valence-electron chi connectivity index (χ4n) is 2.74. The summed E-state index contributed by atoms with van der Waals surface area (Å²) in [6, 6.07) is 14.4. The van der Waals surface area contributed by atoms with Gasteiger partial charge in [-0.25, -0.2) is 4.98 Å². The molecule has 3 N–H and O–H groups in total. The van der Waals surface area contributed by atoms with Crippen molar-refractivity contribution in [2.24, 2.45) is 7.05 Å². The van der Waals surface area contributed by atoms with E-state index in [1.165, 1.54) is 39.6 Å². The molecular weight excluding hydrogens is 400 g/mol. The second-order valence-electron chi connectivity index (χ2n) is 6.38. The number of nitrogens with one attached hydrogen (secondary N) is 2. The molecule has 0 saturated heterocycles. The van der Waals surface area contributed by atoms with Gasteiger partial charge < -0.3 is 15.2 Å². The number of nitrogens with zero attached hydrogens (tertiary/aromatic N) is 2. The lowest BCUT2D eigenvalue weighted by Crippen LogP contribution is -1.99. The first-order valence-corrected chi connectivity index (χ1v) is 10.4. The number of hydrogen-bond donors (Lipinski definition) is 3. The second kappa shape index (κ2) is 8.64. The van der Waals surface area contributed by atoms with Crippen LogP contribution in [0.5, 0.6) is 0 Å². The van der Waals surface area contributed by atoms with Gasteiger partial charge in [0.1, 0.15) is 0 Å². The fraction of sp³-hybridized carbons (Fsp3) is 0.211. The van der Waals surface area contributed by atoms with E-state index < -0.39 is 10.1 Å². The van der Waals surface area contributed by atoms with Gasteiger partial charge in [0.25, 0.3) is 0 Å². The molecule has 0 saturated carbocycles. The van der Waals surface area contributed by atoms with Crippen LogP contribution in [-0.4, -0.2) is 29.1 Å². The van der Waals surface area contributed by atoms with Gasteiger partial charge in [0.15, 0.2) is 5.03 Å². The number of fused-ring (bicyclic) bond motifs is 1. The van der Waals surface area contributed by atoms with Crippen molar-refractivity contribution in [3.05, 3.63) is 71.1 Å². The number of rotatable bonds is 4. The van der Waals surface area contributed by atoms with Crippen LogP contribution in [0.4, 0.5) is 11.4 Å². The van der Waals surface area contributed by atoms with Gasteiger partial charge in [-0.3, -0.25) is 4.55 Å². The molecule has 2 aromatic carbocycles. The van der Waals surface area contributed by atoms with Gasteiger partial charge in [0.05, 0.1) is 6.33 Å². The maximum atomic E-state index is 10.3. The molecule has 148 valence electrons. The van der Waals surface area contributed by atoms with Gasteiger partial charge in [0.2, 0.25) is 0 Å². The highest BCUT2D eigenvalue weighted by Crippen LogP contribution is 2.25. The van der Waals surface area contributed by atoms with E-state index in [1.54, 1.807) is 7.05 Å². The highest BCUT2D eigenvalue weighted by atomic mass is 35.5. The number of imidazole rings is 1. The summed E-state index contributed by atoms with van der Waals surface area (Å²) >= 11 is 5.87. The van der Waals surface area contributed by atoms with Gasteiger partial charge in [-0.2, -0.15) is 8.42 Å². The largest absolute Gasteiger partial charge is 0.384 e. The smallest absolute Gasteiger partial charge is 0.313 e. The minimum Gasteiger partial charge on any atom is -0.384 e. The Morgan fingerprint density at radius 3 is 2.61 bits per heavy atom. The predicted octanol–water partition coefficient (Wildman–Crippen LogP) is 3.59. The molecule has 7 nitrogen and oxygen atoms in total. The summed E-state index contributed by atoms with van der Waals surface area (Å²) in [4.78, 5) is 3.41. The quantitative estimate of drug-likeness (QED) is 0.558. The molecule has 0 spiro atoms. The molecule has 2 heterocycles. The number of aryl methyl sites for hydroxylation is 1. The summed E-state index contributed by atoms with van der Waals surface area (Å²) in [7, 11) is -2.50. The van der Waals surface area contributed by atoms with E-state index in [1.807, 2.05) is 24.3 Å². The Hall–Kier alpha value is -2.55. The molecule has 28 heavy (non-hydrogen) atoms. The Bertz CT molecular complexity index is 1050. The third-order valence-corrected chi connectivity index (χ3v) is 5.16. The molecule has 1 aliphatic heterocycles. The molecule has 0 radical (unpaired) electrons. The number of benzene rings is 2. The zero-order valence-electron chi connectivity index (χ0n) is 15.3. The lowest BCUT2D eigenvalue weighted by atomic mass is 10.1. The van der Waals surface area contributed by atoms with Crippen molar-refractivity contribution in [3.63, 3.8) is 0 Å². The van der Waals surface area contributed by atoms with Crippen molar-refractivity contribution in [1.82, 2.24) is 9.55 Å². The Morgan fingerprint density at radius 1 is 1.25 bits per heavy atom. The fourth-order valence-corrected chi connectivity index (χ4v) is 3.35. The van der Waals surface area contributed by atoms with Gasteiger partial charge in [-0.15, -0.1) is 0 Å². The van der Waals surface area contributed by atoms with Crippen LogP contribution in [0, 0.1) is 0 Å². The maximum Gasteiger partial charge on any atom is 0.313 e. The molecule has 1 aliphatic rings. The van der Waals surface area contributed by atoms with Crippen molar-refractivity contribution >= 4 is 33.1 Å². The molecule has 0 amide bonds. The third-order valence-electron chi connectivity index (χ3n) is 4.17. The SMILES string of the molecule is Clc1ccc(CNc2ccc3c(c2)CCN3)cc1.Cn1cnc(S(=O)(=O)O)c1. The molecule has 1 aromatic heterocycles. The van der Waals surface area contributed by atoms with E-state index >= 15 is 0 Å². The van der Waals surface area contributed by atoms with E-state index in [-0.39, 0.29) is 5.03 Å². The van der Waals surface area contributed by atoms with Crippen molar-refractivity contribution in [2.45, 2.75) is 18.0 Å². The average molecular weight is 421 g/mol. The number of anilines is 2.